The Morgan fingerprint density at radius 2 is 1.87 bits per heavy atom. The van der Waals surface area contributed by atoms with Gasteiger partial charge in [0.05, 0.1) is 23.0 Å². The fraction of sp³-hybridized carbons (Fsp3) is 0.320. The van der Waals surface area contributed by atoms with Gasteiger partial charge < -0.3 is 5.11 Å². The van der Waals surface area contributed by atoms with Crippen LogP contribution in [0.25, 0.3) is 21.7 Å². The van der Waals surface area contributed by atoms with Gasteiger partial charge in [-0.25, -0.2) is 9.97 Å². The lowest BCUT2D eigenvalue weighted by atomic mass is 9.92. The van der Waals surface area contributed by atoms with Gasteiger partial charge in [-0.15, -0.1) is 0 Å². The minimum atomic E-state index is -0.510. The van der Waals surface area contributed by atoms with Gasteiger partial charge in [0, 0.05) is 11.6 Å². The van der Waals surface area contributed by atoms with Gasteiger partial charge >= 0.3 is 0 Å². The molecule has 1 N–H and O–H groups in total. The molecule has 5 nitrogen and oxygen atoms in total. The van der Waals surface area contributed by atoms with E-state index in [1.54, 1.807) is 16.8 Å². The monoisotopic (exact) mass is 433 g/mol. The van der Waals surface area contributed by atoms with Crippen molar-refractivity contribution in [3.8, 4) is 0 Å². The van der Waals surface area contributed by atoms with Crippen molar-refractivity contribution in [3.05, 3.63) is 81.1 Å². The van der Waals surface area contributed by atoms with Gasteiger partial charge in [0.15, 0.2) is 0 Å². The predicted molar refractivity (Wildman–Crippen MR) is 124 cm³/mol. The number of aromatic nitrogens is 3. The van der Waals surface area contributed by atoms with Crippen LogP contribution in [0.5, 0.6) is 0 Å². The first kappa shape index (κ1) is 20.2. The van der Waals surface area contributed by atoms with Crippen LogP contribution in [0.4, 0.5) is 0 Å². The quantitative estimate of drug-likeness (QED) is 0.365. The zero-order valence-corrected chi connectivity index (χ0v) is 18.1. The van der Waals surface area contributed by atoms with E-state index in [1.165, 1.54) is 0 Å². The van der Waals surface area contributed by atoms with Gasteiger partial charge in [0.2, 0.25) is 0 Å². The van der Waals surface area contributed by atoms with Gasteiger partial charge in [-0.1, -0.05) is 54.8 Å². The normalized spacial score (nSPS) is 19.2. The molecule has 5 rings (SSSR count). The van der Waals surface area contributed by atoms with Crippen LogP contribution in [0.15, 0.2) is 53.5 Å². The van der Waals surface area contributed by atoms with Crippen LogP contribution in [0, 0.1) is 6.92 Å². The third-order valence-corrected chi connectivity index (χ3v) is 6.61. The molecule has 1 aliphatic rings. The van der Waals surface area contributed by atoms with Gasteiger partial charge in [-0.3, -0.25) is 9.36 Å². The molecule has 1 saturated carbocycles. The molecule has 1 fully saturated rings. The minimum absolute atomic E-state index is 0.0744. The van der Waals surface area contributed by atoms with Crippen molar-refractivity contribution < 1.29 is 5.11 Å². The SMILES string of the molecule is Cc1nc2c(cc(Cc3ccc(Cl)nc3)c3ccccc32)c(=O)n1C1CCCCC1O. The summed E-state index contributed by atoms with van der Waals surface area (Å²) in [5.41, 5.74) is 2.72. The standard InChI is InChI=1S/C25H24ClN3O2/c1-15-28-24-19-7-3-2-6-18(19)17(12-16-10-11-23(26)27-14-16)13-20(24)25(31)29(15)21-8-4-5-9-22(21)30/h2-3,6-7,10-11,13-14,21-22,30H,4-5,8-9,12H2,1H3. The Labute approximate surface area is 185 Å². The Bertz CT molecular complexity index is 1330. The molecule has 2 unspecified atom stereocenters. The van der Waals surface area contributed by atoms with E-state index in [0.717, 1.165) is 53.1 Å². The van der Waals surface area contributed by atoms with Crippen molar-refractivity contribution in [1.29, 1.82) is 0 Å². The number of benzene rings is 2. The lowest BCUT2D eigenvalue weighted by Crippen LogP contribution is -2.36. The number of nitrogens with zero attached hydrogens (tertiary/aromatic N) is 3. The molecular weight excluding hydrogens is 410 g/mol. The van der Waals surface area contributed by atoms with E-state index in [9.17, 15) is 9.90 Å². The number of hydrogen-bond acceptors (Lipinski definition) is 4. The lowest BCUT2D eigenvalue weighted by Gasteiger charge is -2.30. The fourth-order valence-corrected chi connectivity index (χ4v) is 4.98. The van der Waals surface area contributed by atoms with Crippen LogP contribution in [-0.4, -0.2) is 25.7 Å². The molecule has 31 heavy (non-hydrogen) atoms. The van der Waals surface area contributed by atoms with Crippen LogP contribution in [0.2, 0.25) is 5.15 Å². The fourth-order valence-electron chi connectivity index (χ4n) is 4.87. The Morgan fingerprint density at radius 3 is 2.61 bits per heavy atom. The summed E-state index contributed by atoms with van der Waals surface area (Å²) in [5, 5.41) is 13.7. The summed E-state index contributed by atoms with van der Waals surface area (Å²) in [7, 11) is 0. The molecule has 2 atom stereocenters. The number of pyridine rings is 1. The maximum atomic E-state index is 13.7. The molecule has 0 aliphatic heterocycles. The van der Waals surface area contributed by atoms with E-state index in [1.807, 2.05) is 37.3 Å². The molecular formula is C25H24ClN3O2. The maximum absolute atomic E-state index is 13.7. The number of rotatable bonds is 3. The molecule has 2 aromatic carbocycles. The largest absolute Gasteiger partial charge is 0.391 e. The van der Waals surface area contributed by atoms with Crippen molar-refractivity contribution in [2.75, 3.05) is 0 Å². The molecule has 2 aromatic heterocycles. The van der Waals surface area contributed by atoms with Crippen molar-refractivity contribution in [2.45, 2.75) is 51.2 Å². The summed E-state index contributed by atoms with van der Waals surface area (Å²) < 4.78 is 1.72. The summed E-state index contributed by atoms with van der Waals surface area (Å²) >= 11 is 5.94. The first-order valence-electron chi connectivity index (χ1n) is 10.7. The van der Waals surface area contributed by atoms with Crippen molar-refractivity contribution in [3.63, 3.8) is 0 Å². The van der Waals surface area contributed by atoms with Crippen molar-refractivity contribution in [1.82, 2.24) is 14.5 Å². The molecule has 0 bridgehead atoms. The Kier molecular flexibility index (Phi) is 5.24. The predicted octanol–water partition coefficient (Wildman–Crippen LogP) is 4.97. The number of halogens is 1. The minimum Gasteiger partial charge on any atom is -0.391 e. The van der Waals surface area contributed by atoms with Crippen LogP contribution in [-0.2, 0) is 6.42 Å². The van der Waals surface area contributed by atoms with E-state index in [0.29, 0.717) is 22.8 Å². The highest BCUT2D eigenvalue weighted by atomic mass is 35.5. The molecule has 2 heterocycles. The van der Waals surface area contributed by atoms with Crippen molar-refractivity contribution in [2.24, 2.45) is 0 Å². The second kappa shape index (κ2) is 8.06. The summed E-state index contributed by atoms with van der Waals surface area (Å²) in [6.07, 6.45) is 5.43. The number of aryl methyl sites for hydroxylation is 1. The van der Waals surface area contributed by atoms with Gasteiger partial charge in [-0.2, -0.15) is 0 Å². The molecule has 6 heteroatoms. The van der Waals surface area contributed by atoms with Crippen LogP contribution in [0.3, 0.4) is 0 Å². The second-order valence-electron chi connectivity index (χ2n) is 8.40. The summed E-state index contributed by atoms with van der Waals surface area (Å²) in [6.45, 7) is 1.87. The van der Waals surface area contributed by atoms with E-state index in [4.69, 9.17) is 16.6 Å². The van der Waals surface area contributed by atoms with Gasteiger partial charge in [0.1, 0.15) is 11.0 Å². The first-order valence-corrected chi connectivity index (χ1v) is 11.1. The van der Waals surface area contributed by atoms with Crippen LogP contribution < -0.4 is 5.56 Å². The molecule has 158 valence electrons. The summed E-state index contributed by atoms with van der Waals surface area (Å²) in [5.74, 6) is 0.656. The third-order valence-electron chi connectivity index (χ3n) is 6.38. The zero-order chi connectivity index (χ0) is 21.5. The highest BCUT2D eigenvalue weighted by molar-refractivity contribution is 6.29. The highest BCUT2D eigenvalue weighted by Gasteiger charge is 2.28. The molecule has 0 saturated heterocycles. The summed E-state index contributed by atoms with van der Waals surface area (Å²) in [6, 6.07) is 13.6. The smallest absolute Gasteiger partial charge is 0.261 e. The Balaban J connectivity index is 1.74. The number of fused-ring (bicyclic) bond motifs is 3. The lowest BCUT2D eigenvalue weighted by molar-refractivity contribution is 0.0724. The number of hydrogen-bond donors (Lipinski definition) is 1. The Morgan fingerprint density at radius 1 is 1.10 bits per heavy atom. The van der Waals surface area contributed by atoms with E-state index < -0.39 is 6.10 Å². The molecule has 1 aliphatic carbocycles. The zero-order valence-electron chi connectivity index (χ0n) is 17.4. The molecule has 0 amide bonds. The average Bonchev–Trinajstić information content (AvgIpc) is 2.77. The van der Waals surface area contributed by atoms with Crippen molar-refractivity contribution >= 4 is 33.3 Å². The Hall–Kier alpha value is -2.76. The van der Waals surface area contributed by atoms with E-state index in [-0.39, 0.29) is 11.6 Å². The highest BCUT2D eigenvalue weighted by Crippen LogP contribution is 2.31. The maximum Gasteiger partial charge on any atom is 0.261 e. The molecule has 0 radical (unpaired) electrons. The average molecular weight is 434 g/mol. The van der Waals surface area contributed by atoms with E-state index >= 15 is 0 Å². The van der Waals surface area contributed by atoms with E-state index in [2.05, 4.69) is 11.1 Å². The van der Waals surface area contributed by atoms with Gasteiger partial charge in [-0.05, 0) is 54.8 Å². The summed E-state index contributed by atoms with van der Waals surface area (Å²) in [4.78, 5) is 22.7. The van der Waals surface area contributed by atoms with Crippen LogP contribution in [0.1, 0.15) is 48.7 Å². The first-order chi connectivity index (χ1) is 15.0. The second-order valence-corrected chi connectivity index (χ2v) is 8.78. The number of aliphatic hydroxyl groups excluding tert-OH is 1. The number of aliphatic hydroxyl groups is 1. The molecule has 0 spiro atoms. The van der Waals surface area contributed by atoms with Gasteiger partial charge in [0.25, 0.3) is 5.56 Å². The third kappa shape index (κ3) is 3.62. The topological polar surface area (TPSA) is 68.0 Å². The van der Waals surface area contributed by atoms with Crippen LogP contribution >= 0.6 is 11.6 Å². The molecule has 4 aromatic rings.